The molecule has 0 saturated carbocycles. The number of carboxylic acids is 2. The summed E-state index contributed by atoms with van der Waals surface area (Å²) in [6.07, 6.45) is -1.51. The lowest BCUT2D eigenvalue weighted by Crippen LogP contribution is -2.60. The molecule has 9 nitrogen and oxygen atoms in total. The van der Waals surface area contributed by atoms with Gasteiger partial charge in [0.15, 0.2) is 11.3 Å². The molecule has 0 saturated heterocycles. The van der Waals surface area contributed by atoms with Crippen molar-refractivity contribution in [3.8, 4) is 0 Å². The van der Waals surface area contributed by atoms with E-state index in [0.29, 0.717) is 0 Å². The Morgan fingerprint density at radius 2 is 1.63 bits per heavy atom. The molecule has 0 bridgehead atoms. The van der Waals surface area contributed by atoms with Crippen molar-refractivity contribution in [3.63, 3.8) is 0 Å². The number of carbonyl (C=O) groups is 4. The largest absolute Gasteiger partial charge is 0.481 e. The van der Waals surface area contributed by atoms with E-state index >= 15 is 0 Å². The van der Waals surface area contributed by atoms with E-state index in [1.165, 1.54) is 0 Å². The maximum atomic E-state index is 11.9. The van der Waals surface area contributed by atoms with Crippen LogP contribution < -0.4 is 17.2 Å². The van der Waals surface area contributed by atoms with Crippen molar-refractivity contribution in [3.05, 3.63) is 0 Å². The molecule has 0 aromatic carbocycles. The number of rotatable bonds is 9. The summed E-state index contributed by atoms with van der Waals surface area (Å²) in [6, 6.07) is -1.33. The van der Waals surface area contributed by atoms with E-state index in [1.807, 2.05) is 0 Å². The third-order valence-corrected chi connectivity index (χ3v) is 2.59. The number of amides is 1. The van der Waals surface area contributed by atoms with Gasteiger partial charge >= 0.3 is 11.9 Å². The van der Waals surface area contributed by atoms with E-state index in [-0.39, 0.29) is 12.8 Å². The molecule has 0 aromatic rings. The summed E-state index contributed by atoms with van der Waals surface area (Å²) in [4.78, 5) is 43.9. The highest BCUT2D eigenvalue weighted by atomic mass is 16.4. The van der Waals surface area contributed by atoms with Gasteiger partial charge < -0.3 is 27.4 Å². The van der Waals surface area contributed by atoms with E-state index in [4.69, 9.17) is 27.4 Å². The number of Topliss-reactive ketones (excluding diaryl/α,β-unsaturated/α-hetero) is 1. The Balaban J connectivity index is 4.86. The van der Waals surface area contributed by atoms with E-state index < -0.39 is 48.1 Å². The summed E-state index contributed by atoms with van der Waals surface area (Å²) in [5.41, 5.74) is 13.4. The van der Waals surface area contributed by atoms with Gasteiger partial charge in [-0.25, -0.2) is 4.79 Å². The zero-order valence-electron chi connectivity index (χ0n) is 10.2. The van der Waals surface area contributed by atoms with Crippen LogP contribution in [0.15, 0.2) is 0 Å². The van der Waals surface area contributed by atoms with Crippen LogP contribution in [-0.4, -0.2) is 45.4 Å². The van der Waals surface area contributed by atoms with Crippen LogP contribution in [0.25, 0.3) is 0 Å². The molecule has 2 unspecified atom stereocenters. The molecule has 8 N–H and O–H groups in total. The molecule has 0 aliphatic rings. The quantitative estimate of drug-likeness (QED) is 0.293. The predicted molar refractivity (Wildman–Crippen MR) is 62.8 cm³/mol. The topological polar surface area (TPSA) is 187 Å². The fourth-order valence-electron chi connectivity index (χ4n) is 1.40. The normalized spacial score (nSPS) is 15.3. The maximum absolute atomic E-state index is 11.9. The highest BCUT2D eigenvalue weighted by molar-refractivity contribution is 6.10. The minimum atomic E-state index is -2.34. The first-order chi connectivity index (χ1) is 8.61. The Morgan fingerprint density at radius 3 is 2.00 bits per heavy atom. The Morgan fingerprint density at radius 1 is 1.11 bits per heavy atom. The van der Waals surface area contributed by atoms with Crippen LogP contribution >= 0.6 is 0 Å². The van der Waals surface area contributed by atoms with Crippen LogP contribution in [0.1, 0.15) is 25.7 Å². The van der Waals surface area contributed by atoms with Crippen molar-refractivity contribution in [1.82, 2.24) is 0 Å². The van der Waals surface area contributed by atoms with Gasteiger partial charge in [0.05, 0.1) is 6.04 Å². The fraction of sp³-hybridized carbons (Fsp3) is 0.600. The Hall–Kier alpha value is -2.00. The third-order valence-electron chi connectivity index (χ3n) is 2.59. The van der Waals surface area contributed by atoms with Gasteiger partial charge in [0.1, 0.15) is 0 Å². The lowest BCUT2D eigenvalue weighted by Gasteiger charge is -2.25. The van der Waals surface area contributed by atoms with Gasteiger partial charge in [-0.05, 0) is 12.8 Å². The SMILES string of the molecule is NC(=O)CCC(N)(C(=O)O)C(=O)C(N)CCC(=O)O. The summed E-state index contributed by atoms with van der Waals surface area (Å²) >= 11 is 0. The summed E-state index contributed by atoms with van der Waals surface area (Å²) in [6.45, 7) is 0. The van der Waals surface area contributed by atoms with Crippen LogP contribution in [0.2, 0.25) is 0 Å². The number of nitrogens with two attached hydrogens (primary N) is 3. The minimum absolute atomic E-state index is 0.239. The molecular formula is C10H17N3O6. The molecule has 0 aliphatic heterocycles. The van der Waals surface area contributed by atoms with Crippen molar-refractivity contribution in [2.24, 2.45) is 17.2 Å². The monoisotopic (exact) mass is 275 g/mol. The molecule has 0 fully saturated rings. The van der Waals surface area contributed by atoms with Crippen LogP contribution in [-0.2, 0) is 19.2 Å². The van der Waals surface area contributed by atoms with E-state index in [0.717, 1.165) is 0 Å². The number of carboxylic acid groups (broad SMARTS) is 2. The number of aliphatic carboxylic acids is 2. The summed E-state index contributed by atoms with van der Waals surface area (Å²) in [5, 5.41) is 17.4. The maximum Gasteiger partial charge on any atom is 0.331 e. The second-order valence-electron chi connectivity index (χ2n) is 4.15. The van der Waals surface area contributed by atoms with Gasteiger partial charge in [0.25, 0.3) is 0 Å². The molecule has 0 aromatic heterocycles. The lowest BCUT2D eigenvalue weighted by molar-refractivity contribution is -0.149. The Bertz CT molecular complexity index is 397. The molecule has 108 valence electrons. The van der Waals surface area contributed by atoms with Gasteiger partial charge in [-0.2, -0.15) is 0 Å². The van der Waals surface area contributed by atoms with Crippen molar-refractivity contribution in [2.75, 3.05) is 0 Å². The number of primary amides is 1. The lowest BCUT2D eigenvalue weighted by atomic mass is 9.84. The number of ketones is 1. The average Bonchev–Trinajstić information content (AvgIpc) is 2.31. The molecule has 0 spiro atoms. The van der Waals surface area contributed by atoms with Crippen LogP contribution in [0.3, 0.4) is 0 Å². The van der Waals surface area contributed by atoms with Crippen LogP contribution in [0, 0.1) is 0 Å². The van der Waals surface area contributed by atoms with Gasteiger partial charge in [0.2, 0.25) is 5.91 Å². The Kier molecular flexibility index (Phi) is 6.09. The first-order valence-electron chi connectivity index (χ1n) is 5.43. The molecule has 0 heterocycles. The molecule has 0 radical (unpaired) electrons. The first kappa shape index (κ1) is 17.0. The number of hydrogen-bond acceptors (Lipinski definition) is 6. The minimum Gasteiger partial charge on any atom is -0.481 e. The molecule has 9 heteroatoms. The second-order valence-corrected chi connectivity index (χ2v) is 4.15. The molecule has 19 heavy (non-hydrogen) atoms. The number of hydrogen-bond donors (Lipinski definition) is 5. The highest BCUT2D eigenvalue weighted by Crippen LogP contribution is 2.15. The molecule has 1 amide bonds. The average molecular weight is 275 g/mol. The van der Waals surface area contributed by atoms with Crippen molar-refractivity contribution in [1.29, 1.82) is 0 Å². The van der Waals surface area contributed by atoms with Gasteiger partial charge in [-0.1, -0.05) is 0 Å². The number of carbonyl (C=O) groups excluding carboxylic acids is 2. The zero-order chi connectivity index (χ0) is 15.2. The highest BCUT2D eigenvalue weighted by Gasteiger charge is 2.44. The predicted octanol–water partition coefficient (Wildman–Crippen LogP) is -2.20. The summed E-state index contributed by atoms with van der Waals surface area (Å²) < 4.78 is 0. The second kappa shape index (κ2) is 6.81. The summed E-state index contributed by atoms with van der Waals surface area (Å²) in [7, 11) is 0. The standard InChI is InChI=1S/C10H17N3O6/c11-5(1-2-7(15)16)8(17)10(13,9(18)19)4-3-6(12)14/h5H,1-4,11,13H2,(H2,12,14)(H,15,16)(H,18,19). The van der Waals surface area contributed by atoms with E-state index in [1.54, 1.807) is 0 Å². The smallest absolute Gasteiger partial charge is 0.331 e. The Labute approximate surface area is 108 Å². The van der Waals surface area contributed by atoms with Crippen molar-refractivity contribution in [2.45, 2.75) is 37.3 Å². The van der Waals surface area contributed by atoms with Crippen molar-refractivity contribution >= 4 is 23.6 Å². The fourth-order valence-corrected chi connectivity index (χ4v) is 1.40. The molecular weight excluding hydrogens is 258 g/mol. The molecule has 0 aliphatic carbocycles. The van der Waals surface area contributed by atoms with Crippen molar-refractivity contribution < 1.29 is 29.4 Å². The van der Waals surface area contributed by atoms with E-state index in [9.17, 15) is 19.2 Å². The zero-order valence-corrected chi connectivity index (χ0v) is 10.2. The van der Waals surface area contributed by atoms with Gasteiger partial charge in [-0.3, -0.25) is 14.4 Å². The van der Waals surface area contributed by atoms with E-state index in [2.05, 4.69) is 0 Å². The first-order valence-corrected chi connectivity index (χ1v) is 5.43. The van der Waals surface area contributed by atoms with Gasteiger partial charge in [-0.15, -0.1) is 0 Å². The third kappa shape index (κ3) is 5.02. The van der Waals surface area contributed by atoms with Crippen LogP contribution in [0.4, 0.5) is 0 Å². The van der Waals surface area contributed by atoms with Crippen LogP contribution in [0.5, 0.6) is 0 Å². The molecule has 2 atom stereocenters. The molecule has 0 rings (SSSR count). The summed E-state index contributed by atoms with van der Waals surface area (Å²) in [5.74, 6) is -4.63. The van der Waals surface area contributed by atoms with Gasteiger partial charge in [0, 0.05) is 12.8 Å².